The van der Waals surface area contributed by atoms with Crippen LogP contribution in [0.15, 0.2) is 67.0 Å². The van der Waals surface area contributed by atoms with Gasteiger partial charge in [0, 0.05) is 49.8 Å². The van der Waals surface area contributed by atoms with Gasteiger partial charge in [-0.1, -0.05) is 30.3 Å². The fraction of sp³-hybridized carbons (Fsp3) is 0.406. The highest BCUT2D eigenvalue weighted by Gasteiger charge is 2.32. The van der Waals surface area contributed by atoms with E-state index in [1.807, 2.05) is 54.7 Å². The van der Waals surface area contributed by atoms with Crippen molar-refractivity contribution in [2.24, 2.45) is 0 Å². The molecule has 2 heterocycles. The maximum absolute atomic E-state index is 13.5. The third kappa shape index (κ3) is 4.80. The second-order valence-electron chi connectivity index (χ2n) is 11.0. The maximum atomic E-state index is 13.5. The third-order valence-corrected chi connectivity index (χ3v) is 8.83. The molecule has 1 aliphatic heterocycles. The van der Waals surface area contributed by atoms with Gasteiger partial charge in [0.2, 0.25) is 5.91 Å². The van der Waals surface area contributed by atoms with Gasteiger partial charge in [0.25, 0.3) is 5.91 Å². The second-order valence-corrected chi connectivity index (χ2v) is 11.0. The molecule has 1 fully saturated rings. The molecular weight excluding hydrogens is 472 g/mol. The van der Waals surface area contributed by atoms with E-state index in [2.05, 4.69) is 39.5 Å². The molecule has 2 amide bonds. The Bertz CT molecular complexity index is 1320. The average Bonchev–Trinajstić information content (AvgIpc) is 3.38. The monoisotopic (exact) mass is 508 g/mol. The highest BCUT2D eigenvalue weighted by Crippen LogP contribution is 2.36. The first-order valence-electron chi connectivity index (χ1n) is 14.0. The minimum absolute atomic E-state index is 0.0340. The number of rotatable bonds is 5. The van der Waals surface area contributed by atoms with Gasteiger partial charge in [-0.15, -0.1) is 0 Å². The van der Waals surface area contributed by atoms with Gasteiger partial charge in [-0.3, -0.25) is 14.6 Å². The Labute approximate surface area is 225 Å². The largest absolute Gasteiger partial charge is 0.371 e. The lowest BCUT2D eigenvalue weighted by atomic mass is 9.82. The number of pyridine rings is 1. The first-order chi connectivity index (χ1) is 18.6. The number of carbonyl (C=O) groups is 2. The van der Waals surface area contributed by atoms with Gasteiger partial charge in [-0.25, -0.2) is 0 Å². The summed E-state index contributed by atoms with van der Waals surface area (Å²) in [6, 6.07) is 18.7. The Morgan fingerprint density at radius 1 is 0.895 bits per heavy atom. The lowest BCUT2D eigenvalue weighted by Crippen LogP contribution is -2.45. The third-order valence-electron chi connectivity index (χ3n) is 8.83. The lowest BCUT2D eigenvalue weighted by molar-refractivity contribution is -0.123. The molecule has 0 bridgehead atoms. The number of benzene rings is 2. The van der Waals surface area contributed by atoms with Crippen LogP contribution < -0.4 is 10.2 Å². The summed E-state index contributed by atoms with van der Waals surface area (Å²) in [4.78, 5) is 35.3. The number of fused-ring (bicyclic) bond motifs is 2. The van der Waals surface area contributed by atoms with E-state index in [-0.39, 0.29) is 29.8 Å². The van der Waals surface area contributed by atoms with Crippen LogP contribution in [0, 0.1) is 0 Å². The van der Waals surface area contributed by atoms with Crippen LogP contribution in [0.2, 0.25) is 0 Å². The van der Waals surface area contributed by atoms with Crippen molar-refractivity contribution < 1.29 is 9.59 Å². The van der Waals surface area contributed by atoms with E-state index in [4.69, 9.17) is 0 Å². The summed E-state index contributed by atoms with van der Waals surface area (Å²) in [5, 5.41) is 3.35. The van der Waals surface area contributed by atoms with Crippen molar-refractivity contribution >= 4 is 17.5 Å². The van der Waals surface area contributed by atoms with Crippen molar-refractivity contribution in [1.82, 2.24) is 15.2 Å². The van der Waals surface area contributed by atoms with Crippen molar-refractivity contribution in [2.75, 3.05) is 25.0 Å². The molecule has 0 saturated carbocycles. The number of carbonyl (C=O) groups excluding carboxylic acids is 2. The molecule has 3 aliphatic rings. The Morgan fingerprint density at radius 3 is 2.47 bits per heavy atom. The topological polar surface area (TPSA) is 65.5 Å². The molecule has 196 valence electrons. The van der Waals surface area contributed by atoms with Gasteiger partial charge < -0.3 is 15.1 Å². The van der Waals surface area contributed by atoms with Crippen LogP contribution in [0.4, 0.5) is 5.69 Å². The molecule has 6 heteroatoms. The molecule has 1 unspecified atom stereocenters. The minimum atomic E-state index is -0.0852. The number of aromatic nitrogens is 1. The normalized spacial score (nSPS) is 20.9. The Morgan fingerprint density at radius 2 is 1.66 bits per heavy atom. The summed E-state index contributed by atoms with van der Waals surface area (Å²) in [7, 11) is 1.93. The lowest BCUT2D eigenvalue weighted by Gasteiger charge is -2.38. The number of hydrogen-bond donors (Lipinski definition) is 1. The molecule has 38 heavy (non-hydrogen) atoms. The zero-order chi connectivity index (χ0) is 26.1. The highest BCUT2D eigenvalue weighted by molar-refractivity contribution is 5.94. The predicted molar refractivity (Wildman–Crippen MR) is 149 cm³/mol. The van der Waals surface area contributed by atoms with Crippen LogP contribution in [-0.2, 0) is 17.6 Å². The molecular formula is C32H36N4O2. The summed E-state index contributed by atoms with van der Waals surface area (Å²) < 4.78 is 0. The summed E-state index contributed by atoms with van der Waals surface area (Å²) in [6.07, 6.45) is 10.3. The van der Waals surface area contributed by atoms with E-state index in [9.17, 15) is 9.59 Å². The zero-order valence-corrected chi connectivity index (χ0v) is 22.1. The SMILES string of the molecule is CN(C(=O)c1ccc2c(c1)C(NC(=O)[C@@H]1CCCc3ccccc31)CC2)C1CCN(c2ccncc2)CC1. The first kappa shape index (κ1) is 24.7. The van der Waals surface area contributed by atoms with Crippen molar-refractivity contribution in [3.05, 3.63) is 94.8 Å². The van der Waals surface area contributed by atoms with Crippen molar-refractivity contribution in [1.29, 1.82) is 0 Å². The van der Waals surface area contributed by atoms with Gasteiger partial charge in [0.15, 0.2) is 0 Å². The Kier molecular flexibility index (Phi) is 6.88. The smallest absolute Gasteiger partial charge is 0.253 e. The maximum Gasteiger partial charge on any atom is 0.253 e. The van der Waals surface area contributed by atoms with Gasteiger partial charge in [-0.05, 0) is 91.5 Å². The molecule has 2 aromatic carbocycles. The summed E-state index contributed by atoms with van der Waals surface area (Å²) in [5.41, 5.74) is 6.73. The molecule has 1 saturated heterocycles. The van der Waals surface area contributed by atoms with E-state index >= 15 is 0 Å². The number of amides is 2. The van der Waals surface area contributed by atoms with E-state index in [1.54, 1.807) is 0 Å². The average molecular weight is 509 g/mol. The number of piperidine rings is 1. The molecule has 1 aromatic heterocycles. The van der Waals surface area contributed by atoms with E-state index in [1.165, 1.54) is 22.4 Å². The van der Waals surface area contributed by atoms with Crippen molar-refractivity contribution in [3.63, 3.8) is 0 Å². The van der Waals surface area contributed by atoms with Gasteiger partial charge >= 0.3 is 0 Å². The summed E-state index contributed by atoms with van der Waals surface area (Å²) in [5.74, 6) is 0.0936. The van der Waals surface area contributed by atoms with Gasteiger partial charge in [0.1, 0.15) is 0 Å². The molecule has 0 radical (unpaired) electrons. The number of nitrogens with one attached hydrogen (secondary N) is 1. The van der Waals surface area contributed by atoms with Crippen molar-refractivity contribution in [2.45, 2.75) is 62.9 Å². The van der Waals surface area contributed by atoms with Crippen LogP contribution in [0.25, 0.3) is 0 Å². The van der Waals surface area contributed by atoms with Crippen LogP contribution in [0.3, 0.4) is 0 Å². The number of anilines is 1. The number of nitrogens with zero attached hydrogens (tertiary/aromatic N) is 3. The Hall–Kier alpha value is -3.67. The van der Waals surface area contributed by atoms with Crippen molar-refractivity contribution in [3.8, 4) is 0 Å². The summed E-state index contributed by atoms with van der Waals surface area (Å²) >= 11 is 0. The fourth-order valence-electron chi connectivity index (χ4n) is 6.62. The standard InChI is InChI=1S/C32H36N4O2/c1-35(25-15-19-36(20-16-25)26-13-17-33-18-14-26)32(38)24-10-9-23-11-12-30(29(23)21-24)34-31(37)28-8-4-6-22-5-2-3-7-27(22)28/h2-3,5,7,9-10,13-14,17-18,21,25,28,30H,4,6,8,11-12,15-16,19-20H2,1H3,(H,34,37)/t28-,30?/m1/s1. The second kappa shape index (κ2) is 10.6. The Balaban J connectivity index is 1.12. The molecule has 2 aliphatic carbocycles. The van der Waals surface area contributed by atoms with Crippen LogP contribution in [0.5, 0.6) is 0 Å². The quantitative estimate of drug-likeness (QED) is 0.524. The molecule has 3 aromatic rings. The minimum Gasteiger partial charge on any atom is -0.371 e. The van der Waals surface area contributed by atoms with E-state index in [0.29, 0.717) is 5.56 Å². The fourth-order valence-corrected chi connectivity index (χ4v) is 6.62. The molecule has 6 nitrogen and oxygen atoms in total. The van der Waals surface area contributed by atoms with E-state index in [0.717, 1.165) is 63.6 Å². The molecule has 2 atom stereocenters. The van der Waals surface area contributed by atoms with Crippen LogP contribution >= 0.6 is 0 Å². The summed E-state index contributed by atoms with van der Waals surface area (Å²) in [6.45, 7) is 1.85. The number of aryl methyl sites for hydroxylation is 2. The van der Waals surface area contributed by atoms with Crippen LogP contribution in [-0.4, -0.2) is 47.9 Å². The highest BCUT2D eigenvalue weighted by atomic mass is 16.2. The predicted octanol–water partition coefficient (Wildman–Crippen LogP) is 5.05. The van der Waals surface area contributed by atoms with E-state index < -0.39 is 0 Å². The zero-order valence-electron chi connectivity index (χ0n) is 22.1. The molecule has 0 spiro atoms. The van der Waals surface area contributed by atoms with Gasteiger partial charge in [-0.2, -0.15) is 0 Å². The molecule has 6 rings (SSSR count). The van der Waals surface area contributed by atoms with Gasteiger partial charge in [0.05, 0.1) is 12.0 Å². The molecule has 1 N–H and O–H groups in total. The number of hydrogen-bond acceptors (Lipinski definition) is 4. The van der Waals surface area contributed by atoms with Crippen LogP contribution in [0.1, 0.15) is 76.7 Å². The first-order valence-corrected chi connectivity index (χ1v) is 14.0.